The Labute approximate surface area is 158 Å². The van der Waals surface area contributed by atoms with Gasteiger partial charge in [-0.05, 0) is 37.1 Å². The molecule has 3 nitrogen and oxygen atoms in total. The van der Waals surface area contributed by atoms with E-state index in [-0.39, 0.29) is 17.9 Å². The summed E-state index contributed by atoms with van der Waals surface area (Å²) in [5.41, 5.74) is 0.0807. The molecule has 1 N–H and O–H groups in total. The van der Waals surface area contributed by atoms with Crippen molar-refractivity contribution < 1.29 is 14.3 Å². The quantitative estimate of drug-likeness (QED) is 0.644. The van der Waals surface area contributed by atoms with Gasteiger partial charge in [0.05, 0.1) is 22.8 Å². The molecule has 2 rings (SSSR count). The fourth-order valence-electron chi connectivity index (χ4n) is 2.43. The Morgan fingerprint density at radius 2 is 1.92 bits per heavy atom. The van der Waals surface area contributed by atoms with E-state index in [2.05, 4.69) is 32.1 Å². The zero-order valence-electron chi connectivity index (χ0n) is 13.2. The van der Waals surface area contributed by atoms with Crippen LogP contribution < -0.4 is 0 Å². The summed E-state index contributed by atoms with van der Waals surface area (Å²) < 4.78 is 16.2. The maximum Gasteiger partial charge on any atom is 0.233 e. The summed E-state index contributed by atoms with van der Waals surface area (Å²) in [7, 11) is 0. The topological polar surface area (TPSA) is 40.5 Å². The van der Waals surface area contributed by atoms with E-state index in [4.69, 9.17) is 0 Å². The van der Waals surface area contributed by atoms with E-state index in [1.54, 1.807) is 19.1 Å². The number of benzene rings is 2. The van der Waals surface area contributed by atoms with Gasteiger partial charge in [0, 0.05) is 16.5 Å². The summed E-state index contributed by atoms with van der Waals surface area (Å²) in [5.74, 6) is -0.704. The molecule has 1 amide bonds. The van der Waals surface area contributed by atoms with Gasteiger partial charge in [0.15, 0.2) is 0 Å². The third-order valence-electron chi connectivity index (χ3n) is 3.94. The first-order valence-electron chi connectivity index (χ1n) is 7.47. The molecule has 1 atom stereocenters. The Balaban J connectivity index is 2.19. The standard InChI is InChI=1S/C18H18Br2FNO2/c1-18(12-23,15-11-14(19)8-9-16(15)21)22(20)17(24)10-7-13-5-3-2-4-6-13/h2-6,8-9,11,23H,7,10,12H2,1H3. The number of aliphatic hydroxyl groups excluding tert-OH is 1. The van der Waals surface area contributed by atoms with Crippen LogP contribution in [0.4, 0.5) is 4.39 Å². The van der Waals surface area contributed by atoms with Gasteiger partial charge in [-0.15, -0.1) is 0 Å². The molecule has 0 bridgehead atoms. The number of hydrogen-bond donors (Lipinski definition) is 1. The lowest BCUT2D eigenvalue weighted by atomic mass is 9.92. The average molecular weight is 459 g/mol. The van der Waals surface area contributed by atoms with Gasteiger partial charge in [0.2, 0.25) is 5.91 Å². The molecule has 24 heavy (non-hydrogen) atoms. The Hall–Kier alpha value is -1.24. The number of carbonyl (C=O) groups excluding carboxylic acids is 1. The number of hydrogen-bond acceptors (Lipinski definition) is 2. The lowest BCUT2D eigenvalue weighted by molar-refractivity contribution is -0.130. The predicted molar refractivity (Wildman–Crippen MR) is 99.1 cm³/mol. The maximum absolute atomic E-state index is 14.2. The van der Waals surface area contributed by atoms with Gasteiger partial charge >= 0.3 is 0 Å². The Bertz CT molecular complexity index is 711. The second kappa shape index (κ2) is 8.23. The van der Waals surface area contributed by atoms with Crippen LogP contribution in [0.3, 0.4) is 0 Å². The van der Waals surface area contributed by atoms with Crippen molar-refractivity contribution >= 4 is 38.0 Å². The highest BCUT2D eigenvalue weighted by atomic mass is 79.9. The van der Waals surface area contributed by atoms with E-state index >= 15 is 0 Å². The number of aliphatic hydroxyl groups is 1. The van der Waals surface area contributed by atoms with Gasteiger partial charge in [-0.3, -0.25) is 8.72 Å². The van der Waals surface area contributed by atoms with Crippen molar-refractivity contribution in [3.05, 3.63) is 69.9 Å². The zero-order valence-corrected chi connectivity index (χ0v) is 16.3. The van der Waals surface area contributed by atoms with Crippen molar-refractivity contribution in [3.63, 3.8) is 0 Å². The molecular formula is C18H18Br2FNO2. The normalized spacial score (nSPS) is 13.4. The summed E-state index contributed by atoms with van der Waals surface area (Å²) in [6, 6.07) is 14.1. The molecule has 2 aromatic rings. The third kappa shape index (κ3) is 4.23. The predicted octanol–water partition coefficient (Wildman–Crippen LogP) is 4.57. The van der Waals surface area contributed by atoms with E-state index < -0.39 is 18.0 Å². The maximum atomic E-state index is 14.2. The molecule has 0 aliphatic heterocycles. The Morgan fingerprint density at radius 3 is 2.54 bits per heavy atom. The molecule has 0 aliphatic carbocycles. The Morgan fingerprint density at radius 1 is 1.25 bits per heavy atom. The first-order chi connectivity index (χ1) is 11.4. The lowest BCUT2D eigenvalue weighted by Gasteiger charge is -2.36. The van der Waals surface area contributed by atoms with E-state index in [1.165, 1.54) is 9.99 Å². The van der Waals surface area contributed by atoms with Crippen LogP contribution in [0.2, 0.25) is 0 Å². The van der Waals surface area contributed by atoms with Crippen LogP contribution in [0.1, 0.15) is 24.5 Å². The first kappa shape index (κ1) is 19.1. The van der Waals surface area contributed by atoms with Crippen LogP contribution in [0.15, 0.2) is 53.0 Å². The van der Waals surface area contributed by atoms with Gasteiger partial charge in [0.25, 0.3) is 0 Å². The van der Waals surface area contributed by atoms with E-state index in [0.29, 0.717) is 10.9 Å². The molecular weight excluding hydrogens is 441 g/mol. The van der Waals surface area contributed by atoms with Crippen molar-refractivity contribution in [2.45, 2.75) is 25.3 Å². The molecule has 6 heteroatoms. The number of aryl methyl sites for hydroxylation is 1. The number of nitrogens with zero attached hydrogens (tertiary/aromatic N) is 1. The summed E-state index contributed by atoms with van der Waals surface area (Å²) in [4.78, 5) is 12.5. The summed E-state index contributed by atoms with van der Waals surface area (Å²) in [5, 5.41) is 9.85. The number of amides is 1. The first-order valence-corrected chi connectivity index (χ1v) is 8.98. The molecule has 0 saturated carbocycles. The number of rotatable bonds is 6. The van der Waals surface area contributed by atoms with Crippen LogP contribution in [-0.2, 0) is 16.8 Å². The molecule has 1 unspecified atom stereocenters. The highest BCUT2D eigenvalue weighted by molar-refractivity contribution is 9.10. The highest BCUT2D eigenvalue weighted by Crippen LogP contribution is 2.34. The van der Waals surface area contributed by atoms with Crippen LogP contribution in [0.25, 0.3) is 0 Å². The third-order valence-corrected chi connectivity index (χ3v) is 5.61. The van der Waals surface area contributed by atoms with Crippen molar-refractivity contribution in [1.29, 1.82) is 0 Å². The van der Waals surface area contributed by atoms with Gasteiger partial charge in [-0.1, -0.05) is 46.3 Å². The minimum atomic E-state index is -1.21. The minimum Gasteiger partial charge on any atom is -0.394 e. The van der Waals surface area contributed by atoms with Crippen LogP contribution in [0, 0.1) is 5.82 Å². The van der Waals surface area contributed by atoms with E-state index in [9.17, 15) is 14.3 Å². The molecule has 0 saturated heterocycles. The van der Waals surface area contributed by atoms with Gasteiger partial charge < -0.3 is 5.11 Å². The zero-order chi connectivity index (χ0) is 17.7. The lowest BCUT2D eigenvalue weighted by Crippen LogP contribution is -2.44. The number of carbonyl (C=O) groups is 1. The molecule has 0 fully saturated rings. The van der Waals surface area contributed by atoms with Crippen LogP contribution >= 0.6 is 32.1 Å². The second-order valence-electron chi connectivity index (χ2n) is 5.72. The number of halogens is 3. The van der Waals surface area contributed by atoms with Crippen LogP contribution in [0.5, 0.6) is 0 Å². The summed E-state index contributed by atoms with van der Waals surface area (Å²) in [6.45, 7) is 1.20. The summed E-state index contributed by atoms with van der Waals surface area (Å²) >= 11 is 6.54. The van der Waals surface area contributed by atoms with Gasteiger partial charge in [-0.2, -0.15) is 0 Å². The summed E-state index contributed by atoms with van der Waals surface area (Å²) in [6.07, 6.45) is 0.824. The van der Waals surface area contributed by atoms with E-state index in [0.717, 1.165) is 5.56 Å². The average Bonchev–Trinajstić information content (AvgIpc) is 2.61. The molecule has 0 heterocycles. The SMILES string of the molecule is CC(CO)(c1cc(Br)ccc1F)N(Br)C(=O)CCc1ccccc1. The van der Waals surface area contributed by atoms with Crippen LogP contribution in [-0.4, -0.2) is 21.5 Å². The van der Waals surface area contributed by atoms with Crippen molar-refractivity contribution in [1.82, 2.24) is 3.93 Å². The second-order valence-corrected chi connectivity index (χ2v) is 7.34. The van der Waals surface area contributed by atoms with Crippen molar-refractivity contribution in [3.8, 4) is 0 Å². The van der Waals surface area contributed by atoms with E-state index in [1.807, 2.05) is 30.3 Å². The molecule has 128 valence electrons. The minimum absolute atomic E-state index is 0.227. The van der Waals surface area contributed by atoms with Gasteiger partial charge in [-0.25, -0.2) is 4.39 Å². The van der Waals surface area contributed by atoms with Crippen molar-refractivity contribution in [2.24, 2.45) is 0 Å². The molecule has 0 aliphatic rings. The van der Waals surface area contributed by atoms with Crippen molar-refractivity contribution in [2.75, 3.05) is 6.61 Å². The smallest absolute Gasteiger partial charge is 0.233 e. The Kier molecular flexibility index (Phi) is 6.54. The molecule has 0 spiro atoms. The fourth-order valence-corrected chi connectivity index (χ4v) is 3.27. The van der Waals surface area contributed by atoms with Gasteiger partial charge in [0.1, 0.15) is 11.4 Å². The monoisotopic (exact) mass is 457 g/mol. The fraction of sp³-hybridized carbons (Fsp3) is 0.278. The highest BCUT2D eigenvalue weighted by Gasteiger charge is 2.37. The molecule has 0 aromatic heterocycles. The molecule has 0 radical (unpaired) electrons. The largest absolute Gasteiger partial charge is 0.394 e. The molecule has 2 aromatic carbocycles.